The minimum absolute atomic E-state index is 0.0461. The van der Waals surface area contributed by atoms with Crippen LogP contribution in [0.15, 0.2) is 53.4 Å². The predicted octanol–water partition coefficient (Wildman–Crippen LogP) is 3.39. The second kappa shape index (κ2) is 5.89. The van der Waals surface area contributed by atoms with Crippen LogP contribution in [0.25, 0.3) is 10.9 Å². The lowest BCUT2D eigenvalue weighted by atomic mass is 10.2. The Hall–Kier alpha value is -2.31. The van der Waals surface area contributed by atoms with Crippen LogP contribution in [0.2, 0.25) is 5.02 Å². The number of sulfone groups is 1. The third-order valence-corrected chi connectivity index (χ3v) is 6.44. The van der Waals surface area contributed by atoms with Crippen LogP contribution in [0.3, 0.4) is 0 Å². The lowest BCUT2D eigenvalue weighted by Gasteiger charge is -2.22. The summed E-state index contributed by atoms with van der Waals surface area (Å²) in [5.41, 5.74) is 1.41. The Kier molecular flexibility index (Phi) is 3.81. The molecule has 1 aromatic heterocycles. The Balaban J connectivity index is 1.81. The molecule has 0 saturated carbocycles. The molecular weight excluding hydrogens is 360 g/mol. The SMILES string of the molecule is O=S1(=O)CCN(c2cc(Cl)c3ccccc3n2)Cc2ccc(O)cc21. The number of phenolic OH excluding ortho intramolecular Hbond substituents is 1. The summed E-state index contributed by atoms with van der Waals surface area (Å²) in [5.74, 6) is 0.540. The van der Waals surface area contributed by atoms with E-state index in [0.29, 0.717) is 29.5 Å². The lowest BCUT2D eigenvalue weighted by Crippen LogP contribution is -2.26. The topological polar surface area (TPSA) is 70.5 Å². The van der Waals surface area contributed by atoms with Crippen molar-refractivity contribution in [3.63, 3.8) is 0 Å². The van der Waals surface area contributed by atoms with Crippen molar-refractivity contribution in [3.05, 3.63) is 59.1 Å². The van der Waals surface area contributed by atoms with Crippen LogP contribution >= 0.6 is 11.6 Å². The summed E-state index contributed by atoms with van der Waals surface area (Å²) in [5, 5.41) is 11.1. The van der Waals surface area contributed by atoms with Crippen LogP contribution in [0.4, 0.5) is 5.82 Å². The van der Waals surface area contributed by atoms with Crippen molar-refractivity contribution in [2.75, 3.05) is 17.2 Å². The van der Waals surface area contributed by atoms with Gasteiger partial charge in [-0.3, -0.25) is 0 Å². The first-order valence-electron chi connectivity index (χ1n) is 7.79. The fourth-order valence-corrected chi connectivity index (χ4v) is 4.84. The summed E-state index contributed by atoms with van der Waals surface area (Å²) in [6.07, 6.45) is 0. The zero-order valence-corrected chi connectivity index (χ0v) is 14.8. The number of fused-ring (bicyclic) bond motifs is 2. The number of halogens is 1. The van der Waals surface area contributed by atoms with E-state index in [2.05, 4.69) is 4.98 Å². The molecule has 25 heavy (non-hydrogen) atoms. The maximum atomic E-state index is 12.5. The van der Waals surface area contributed by atoms with Crippen molar-refractivity contribution in [1.29, 1.82) is 0 Å². The van der Waals surface area contributed by atoms with Crippen molar-refractivity contribution in [1.82, 2.24) is 4.98 Å². The van der Waals surface area contributed by atoms with Gasteiger partial charge in [0, 0.05) is 18.5 Å². The van der Waals surface area contributed by atoms with Gasteiger partial charge in [-0.05, 0) is 29.8 Å². The summed E-state index contributed by atoms with van der Waals surface area (Å²) >= 11 is 6.38. The van der Waals surface area contributed by atoms with E-state index in [-0.39, 0.29) is 16.4 Å². The number of anilines is 1. The number of aromatic nitrogens is 1. The molecule has 0 unspecified atom stereocenters. The fraction of sp³-hybridized carbons (Fsp3) is 0.167. The average Bonchev–Trinajstić information content (AvgIpc) is 2.72. The first-order valence-corrected chi connectivity index (χ1v) is 9.82. The molecule has 5 nitrogen and oxygen atoms in total. The Morgan fingerprint density at radius 2 is 1.92 bits per heavy atom. The zero-order chi connectivity index (χ0) is 17.6. The Bertz CT molecular complexity index is 1080. The van der Waals surface area contributed by atoms with Gasteiger partial charge in [-0.1, -0.05) is 35.9 Å². The molecule has 7 heteroatoms. The van der Waals surface area contributed by atoms with Gasteiger partial charge in [0.25, 0.3) is 0 Å². The molecule has 2 heterocycles. The van der Waals surface area contributed by atoms with Gasteiger partial charge in [0.05, 0.1) is 21.2 Å². The third-order valence-electron chi connectivity index (χ3n) is 4.35. The summed E-state index contributed by atoms with van der Waals surface area (Å²) in [7, 11) is -3.46. The third kappa shape index (κ3) is 2.92. The van der Waals surface area contributed by atoms with Crippen molar-refractivity contribution in [3.8, 4) is 5.75 Å². The molecule has 0 bridgehead atoms. The van der Waals surface area contributed by atoms with Gasteiger partial charge in [0.1, 0.15) is 11.6 Å². The van der Waals surface area contributed by atoms with E-state index in [1.54, 1.807) is 12.1 Å². The number of rotatable bonds is 1. The maximum Gasteiger partial charge on any atom is 0.180 e. The highest BCUT2D eigenvalue weighted by Gasteiger charge is 2.26. The lowest BCUT2D eigenvalue weighted by molar-refractivity contribution is 0.472. The summed E-state index contributed by atoms with van der Waals surface area (Å²) in [4.78, 5) is 6.72. The Labute approximate surface area is 150 Å². The molecule has 1 N–H and O–H groups in total. The van der Waals surface area contributed by atoms with Crippen LogP contribution in [0, 0.1) is 0 Å². The van der Waals surface area contributed by atoms with Gasteiger partial charge < -0.3 is 10.0 Å². The Morgan fingerprint density at radius 3 is 2.76 bits per heavy atom. The number of hydrogen-bond acceptors (Lipinski definition) is 5. The van der Waals surface area contributed by atoms with E-state index in [1.807, 2.05) is 29.2 Å². The maximum absolute atomic E-state index is 12.5. The molecule has 0 fully saturated rings. The Morgan fingerprint density at radius 1 is 1.12 bits per heavy atom. The van der Waals surface area contributed by atoms with Gasteiger partial charge in [-0.25, -0.2) is 13.4 Å². The quantitative estimate of drug-likeness (QED) is 0.707. The number of hydrogen-bond donors (Lipinski definition) is 1. The van der Waals surface area contributed by atoms with Crippen LogP contribution in [-0.4, -0.2) is 30.8 Å². The molecule has 0 radical (unpaired) electrons. The first kappa shape index (κ1) is 16.2. The van der Waals surface area contributed by atoms with E-state index >= 15 is 0 Å². The van der Waals surface area contributed by atoms with Gasteiger partial charge in [0.2, 0.25) is 0 Å². The number of phenols is 1. The highest BCUT2D eigenvalue weighted by molar-refractivity contribution is 7.91. The molecule has 0 aliphatic carbocycles. The monoisotopic (exact) mass is 374 g/mol. The number of benzene rings is 2. The van der Waals surface area contributed by atoms with Gasteiger partial charge in [-0.15, -0.1) is 0 Å². The molecular formula is C18H15ClN2O3S. The van der Waals surface area contributed by atoms with E-state index < -0.39 is 9.84 Å². The average molecular weight is 375 g/mol. The summed E-state index contributed by atoms with van der Waals surface area (Å²) in [6.45, 7) is 0.690. The molecule has 128 valence electrons. The van der Waals surface area contributed by atoms with E-state index in [0.717, 1.165) is 10.9 Å². The number of para-hydroxylation sites is 1. The van der Waals surface area contributed by atoms with Crippen LogP contribution in [0.1, 0.15) is 5.56 Å². The highest BCUT2D eigenvalue weighted by atomic mass is 35.5. The molecule has 0 saturated heterocycles. The minimum Gasteiger partial charge on any atom is -0.508 e. The van der Waals surface area contributed by atoms with Crippen molar-refractivity contribution in [2.24, 2.45) is 0 Å². The number of nitrogens with zero attached hydrogens (tertiary/aromatic N) is 2. The van der Waals surface area contributed by atoms with Crippen LogP contribution in [-0.2, 0) is 16.4 Å². The molecule has 4 rings (SSSR count). The number of aromatic hydroxyl groups is 1. The smallest absolute Gasteiger partial charge is 0.180 e. The second-order valence-corrected chi connectivity index (χ2v) is 8.50. The number of pyridine rings is 1. The second-order valence-electron chi connectivity index (χ2n) is 6.01. The van der Waals surface area contributed by atoms with Crippen molar-refractivity contribution in [2.45, 2.75) is 11.4 Å². The van der Waals surface area contributed by atoms with Gasteiger partial charge >= 0.3 is 0 Å². The van der Waals surface area contributed by atoms with Crippen molar-refractivity contribution < 1.29 is 13.5 Å². The molecule has 2 aromatic carbocycles. The molecule has 1 aliphatic heterocycles. The van der Waals surface area contributed by atoms with Crippen LogP contribution < -0.4 is 4.90 Å². The fourth-order valence-electron chi connectivity index (χ4n) is 3.07. The largest absolute Gasteiger partial charge is 0.508 e. The summed E-state index contributed by atoms with van der Waals surface area (Å²) < 4.78 is 25.0. The van der Waals surface area contributed by atoms with Crippen molar-refractivity contribution >= 4 is 38.2 Å². The van der Waals surface area contributed by atoms with Gasteiger partial charge in [-0.2, -0.15) is 0 Å². The first-order chi connectivity index (χ1) is 11.9. The standard InChI is InChI=1S/C18H15ClN2O3S/c19-15-10-18(20-16-4-2-1-3-14(15)16)21-7-8-25(23,24)17-9-13(22)6-5-12(17)11-21/h1-6,9-10,22H,7-8,11H2. The molecule has 0 spiro atoms. The predicted molar refractivity (Wildman–Crippen MR) is 98.0 cm³/mol. The molecule has 0 amide bonds. The molecule has 0 atom stereocenters. The summed E-state index contributed by atoms with van der Waals surface area (Å²) in [6, 6.07) is 13.8. The van der Waals surface area contributed by atoms with E-state index in [1.165, 1.54) is 12.1 Å². The van der Waals surface area contributed by atoms with Crippen LogP contribution in [0.5, 0.6) is 5.75 Å². The minimum atomic E-state index is -3.46. The highest BCUT2D eigenvalue weighted by Crippen LogP contribution is 2.31. The molecule has 3 aromatic rings. The normalized spacial score (nSPS) is 16.4. The van der Waals surface area contributed by atoms with E-state index in [9.17, 15) is 13.5 Å². The molecule has 1 aliphatic rings. The van der Waals surface area contributed by atoms with E-state index in [4.69, 9.17) is 11.6 Å². The van der Waals surface area contributed by atoms with Gasteiger partial charge in [0.15, 0.2) is 9.84 Å². The zero-order valence-electron chi connectivity index (χ0n) is 13.2.